The summed E-state index contributed by atoms with van der Waals surface area (Å²) >= 11 is 0. The van der Waals surface area contributed by atoms with Crippen LogP contribution in [0.2, 0.25) is 19.6 Å². The van der Waals surface area contributed by atoms with Gasteiger partial charge in [0, 0.05) is 17.6 Å². The third kappa shape index (κ3) is 7.17. The minimum absolute atomic E-state index is 0. The molecule has 0 amide bonds. The molecule has 1 atom stereocenters. The van der Waals surface area contributed by atoms with Crippen LogP contribution in [0.3, 0.4) is 0 Å². The van der Waals surface area contributed by atoms with Crippen molar-refractivity contribution in [3.8, 4) is 33.5 Å². The predicted octanol–water partition coefficient (Wildman–Crippen LogP) is 13.6. The van der Waals surface area contributed by atoms with Crippen molar-refractivity contribution in [2.45, 2.75) is 45.1 Å². The molecule has 280 valence electrons. The van der Waals surface area contributed by atoms with Gasteiger partial charge in [0.05, 0.1) is 8.07 Å². The van der Waals surface area contributed by atoms with E-state index in [-0.39, 0.29) is 31.7 Å². The number of pyridine rings is 1. The number of hydrogen-bond donors (Lipinski definition) is 0. The van der Waals surface area contributed by atoms with E-state index < -0.39 is 8.07 Å². The van der Waals surface area contributed by atoms with Crippen LogP contribution in [0, 0.1) is 12.1 Å². The Bertz CT molecular complexity index is 2680. The maximum absolute atomic E-state index is 5.17. The average molecular weight is 931 g/mol. The molecule has 1 aliphatic carbocycles. The molecule has 2 heterocycles. The summed E-state index contributed by atoms with van der Waals surface area (Å²) in [7, 11) is -1.28. The normalized spacial score (nSPS) is 14.7. The fourth-order valence-electron chi connectivity index (χ4n) is 8.20. The second-order valence-electron chi connectivity index (χ2n) is 16.3. The SMILES string of the molecule is CC1(C)c2c[c-]c(C3[N-]c4ccccc4N3c3ccc(-c4ccccc4)cc3)cc2-c2ccccc21.C[Si](C)(C)c1ccc(-c2[c-]ccc3ccccc23)nc1.[Ir+3]. The Hall–Kier alpha value is -5.58. The van der Waals surface area contributed by atoms with Gasteiger partial charge in [-0.3, -0.25) is 0 Å². The van der Waals surface area contributed by atoms with Gasteiger partial charge in [0.25, 0.3) is 0 Å². The van der Waals surface area contributed by atoms with Gasteiger partial charge in [-0.15, -0.1) is 46.0 Å². The summed E-state index contributed by atoms with van der Waals surface area (Å²) in [6.07, 6.45) is 1.88. The fraction of sp³-hybridized carbons (Fsp3) is 0.135. The van der Waals surface area contributed by atoms with E-state index >= 15 is 0 Å². The summed E-state index contributed by atoms with van der Waals surface area (Å²) in [5.41, 5.74) is 14.2. The van der Waals surface area contributed by atoms with Crippen LogP contribution in [0.1, 0.15) is 36.7 Å². The Balaban J connectivity index is 0.000000185. The first-order valence-electron chi connectivity index (χ1n) is 19.4. The van der Waals surface area contributed by atoms with E-state index in [1.807, 2.05) is 12.3 Å². The van der Waals surface area contributed by atoms with Gasteiger partial charge in [0.15, 0.2) is 0 Å². The summed E-state index contributed by atoms with van der Waals surface area (Å²) in [4.78, 5) is 7.01. The predicted molar refractivity (Wildman–Crippen MR) is 238 cm³/mol. The van der Waals surface area contributed by atoms with E-state index in [1.165, 1.54) is 49.3 Å². The molecule has 0 fully saturated rings. The molecule has 0 bridgehead atoms. The van der Waals surface area contributed by atoms with Gasteiger partial charge >= 0.3 is 20.1 Å². The Labute approximate surface area is 351 Å². The van der Waals surface area contributed by atoms with Crippen molar-refractivity contribution in [2.24, 2.45) is 0 Å². The molecular formula is C52H44IrN3Si. The van der Waals surface area contributed by atoms with Crippen molar-refractivity contribution in [1.82, 2.24) is 4.98 Å². The van der Waals surface area contributed by atoms with Crippen LogP contribution in [0.25, 0.3) is 49.6 Å². The third-order valence-corrected chi connectivity index (χ3v) is 13.3. The fourth-order valence-corrected chi connectivity index (χ4v) is 9.23. The second-order valence-corrected chi connectivity index (χ2v) is 21.4. The Morgan fingerprint density at radius 1 is 0.667 bits per heavy atom. The number of para-hydroxylation sites is 2. The van der Waals surface area contributed by atoms with Crippen LogP contribution in [0.5, 0.6) is 0 Å². The standard InChI is InChI=1S/C34H26N2.C18H18NSi.Ir/c1-34(2)29-13-7-6-12-27(29)28-22-25(18-21-30(28)34)33-35-31-14-8-9-15-32(31)36(33)26-19-16-24(17-20-26)23-10-4-3-5-11-23;1-20(2,3)15-11-12-18(19-13-15)17-10-6-8-14-7-4-5-9-16(14)17;/h3-17,19-22,33H,1-2H3;4-9,11-13H,1-3H3;/q-2;-1;+3. The quantitative estimate of drug-likeness (QED) is 0.127. The Morgan fingerprint density at radius 2 is 1.37 bits per heavy atom. The number of nitrogens with zero attached hydrogens (tertiary/aromatic N) is 3. The molecule has 7 aromatic carbocycles. The number of aromatic nitrogens is 1. The van der Waals surface area contributed by atoms with Gasteiger partial charge in [0.2, 0.25) is 0 Å². The monoisotopic (exact) mass is 931 g/mol. The van der Waals surface area contributed by atoms with E-state index in [2.05, 4.69) is 213 Å². The summed E-state index contributed by atoms with van der Waals surface area (Å²) in [6, 6.07) is 64.8. The van der Waals surface area contributed by atoms with E-state index in [1.54, 1.807) is 0 Å². The van der Waals surface area contributed by atoms with Gasteiger partial charge in [-0.1, -0.05) is 160 Å². The molecule has 1 aromatic heterocycles. The van der Waals surface area contributed by atoms with Crippen LogP contribution in [-0.2, 0) is 25.5 Å². The third-order valence-electron chi connectivity index (χ3n) is 11.3. The van der Waals surface area contributed by atoms with Gasteiger partial charge < -0.3 is 15.2 Å². The smallest absolute Gasteiger partial charge is 0.661 e. The van der Waals surface area contributed by atoms with E-state index in [9.17, 15) is 0 Å². The number of hydrogen-bond acceptors (Lipinski definition) is 2. The first kappa shape index (κ1) is 38.3. The molecule has 10 rings (SSSR count). The first-order valence-corrected chi connectivity index (χ1v) is 22.9. The molecule has 57 heavy (non-hydrogen) atoms. The van der Waals surface area contributed by atoms with Crippen LogP contribution < -0.4 is 10.1 Å². The van der Waals surface area contributed by atoms with Crippen molar-refractivity contribution in [3.63, 3.8) is 0 Å². The molecule has 0 N–H and O–H groups in total. The van der Waals surface area contributed by atoms with Crippen LogP contribution >= 0.6 is 0 Å². The van der Waals surface area contributed by atoms with Gasteiger partial charge in [-0.25, -0.2) is 0 Å². The van der Waals surface area contributed by atoms with Gasteiger partial charge in [0.1, 0.15) is 0 Å². The summed E-state index contributed by atoms with van der Waals surface area (Å²) in [5, 5.41) is 9.01. The van der Waals surface area contributed by atoms with Gasteiger partial charge in [-0.05, 0) is 62.9 Å². The van der Waals surface area contributed by atoms with E-state index in [0.717, 1.165) is 33.9 Å². The van der Waals surface area contributed by atoms with Crippen molar-refractivity contribution >= 4 is 41.1 Å². The molecular weight excluding hydrogens is 887 g/mol. The maximum atomic E-state index is 5.17. The Morgan fingerprint density at radius 3 is 2.14 bits per heavy atom. The maximum Gasteiger partial charge on any atom is 3.00 e. The molecule has 1 aliphatic heterocycles. The molecule has 2 aliphatic rings. The molecule has 0 saturated heterocycles. The van der Waals surface area contributed by atoms with E-state index in [4.69, 9.17) is 5.32 Å². The van der Waals surface area contributed by atoms with Crippen molar-refractivity contribution in [3.05, 3.63) is 204 Å². The minimum atomic E-state index is -1.28. The summed E-state index contributed by atoms with van der Waals surface area (Å²) < 4.78 is 0. The zero-order chi connectivity index (χ0) is 38.4. The molecule has 5 heteroatoms. The molecule has 1 unspecified atom stereocenters. The van der Waals surface area contributed by atoms with Crippen LogP contribution in [0.15, 0.2) is 170 Å². The largest absolute Gasteiger partial charge is 3.00 e. The van der Waals surface area contributed by atoms with Gasteiger partial charge in [-0.2, -0.15) is 23.8 Å². The van der Waals surface area contributed by atoms with Crippen LogP contribution in [-0.4, -0.2) is 13.1 Å². The van der Waals surface area contributed by atoms with Crippen LogP contribution in [0.4, 0.5) is 17.1 Å². The average Bonchev–Trinajstić information content (AvgIpc) is 3.73. The van der Waals surface area contributed by atoms with Crippen molar-refractivity contribution in [1.29, 1.82) is 0 Å². The summed E-state index contributed by atoms with van der Waals surface area (Å²) in [5.74, 6) is 0. The first-order chi connectivity index (χ1) is 27.2. The summed E-state index contributed by atoms with van der Waals surface area (Å²) in [6.45, 7) is 11.6. The van der Waals surface area contributed by atoms with Crippen molar-refractivity contribution in [2.75, 3.05) is 4.90 Å². The zero-order valence-electron chi connectivity index (χ0n) is 32.9. The van der Waals surface area contributed by atoms with Crippen molar-refractivity contribution < 1.29 is 20.1 Å². The molecule has 8 aromatic rings. The van der Waals surface area contributed by atoms with E-state index in [0.29, 0.717) is 0 Å². The molecule has 0 saturated carbocycles. The zero-order valence-corrected chi connectivity index (χ0v) is 36.3. The number of anilines is 2. The molecule has 0 spiro atoms. The number of fused-ring (bicyclic) bond motifs is 5. The molecule has 0 radical (unpaired) electrons. The number of benzene rings is 7. The number of rotatable bonds is 5. The Kier molecular flexibility index (Phi) is 10.3. The molecule has 3 nitrogen and oxygen atoms in total. The minimum Gasteiger partial charge on any atom is -0.661 e. The second kappa shape index (κ2) is 15.4. The topological polar surface area (TPSA) is 30.2 Å².